The maximum atomic E-state index is 14.2. The monoisotopic (exact) mass is 587 g/mol. The standard InChI is InChI=1S/C32H53N5O5/c1-7-14-32(15-9-8-10-16-32)36-29(42)35-25(30(2,3)4)28(41)37-18-20-22(31(20,5)6)23(37)27(40)34-21(24(38)26(33)39)17-19-12-11-13-19/h19-23,25H,7-18H2,1-6H3,(H2,33,39)(H,34,40)(H2,35,36,42)/t20?,21?,22-,23-,25+/m0/s1. The van der Waals surface area contributed by atoms with Gasteiger partial charge in [-0.1, -0.05) is 86.5 Å². The van der Waals surface area contributed by atoms with Crippen LogP contribution in [0, 0.1) is 28.6 Å². The van der Waals surface area contributed by atoms with Crippen molar-refractivity contribution in [3.8, 4) is 0 Å². The van der Waals surface area contributed by atoms with Crippen LogP contribution < -0.4 is 21.7 Å². The summed E-state index contributed by atoms with van der Waals surface area (Å²) in [5.74, 6) is -2.26. The fourth-order valence-corrected chi connectivity index (χ4v) is 7.90. The summed E-state index contributed by atoms with van der Waals surface area (Å²) in [6.45, 7) is 12.4. The number of hydrogen-bond donors (Lipinski definition) is 4. The van der Waals surface area contributed by atoms with Gasteiger partial charge in [-0.2, -0.15) is 0 Å². The number of nitrogens with one attached hydrogen (secondary N) is 3. The molecule has 4 rings (SSSR count). The van der Waals surface area contributed by atoms with Crippen LogP contribution in [0.15, 0.2) is 0 Å². The van der Waals surface area contributed by atoms with E-state index in [1.807, 2.05) is 20.8 Å². The van der Waals surface area contributed by atoms with Crippen LogP contribution in [-0.4, -0.2) is 64.6 Å². The van der Waals surface area contributed by atoms with Gasteiger partial charge in [0, 0.05) is 12.1 Å². The zero-order valence-corrected chi connectivity index (χ0v) is 26.5. The van der Waals surface area contributed by atoms with Gasteiger partial charge < -0.3 is 26.6 Å². The molecule has 0 aromatic carbocycles. The Kier molecular flexibility index (Phi) is 9.34. The molecule has 0 spiro atoms. The lowest BCUT2D eigenvalue weighted by atomic mass is 9.78. The molecular formula is C32H53N5O5. The number of primary amides is 1. The Bertz CT molecular complexity index is 1070. The second kappa shape index (κ2) is 12.2. The summed E-state index contributed by atoms with van der Waals surface area (Å²) < 4.78 is 0. The second-order valence-corrected chi connectivity index (χ2v) is 15.2. The molecule has 1 aliphatic heterocycles. The van der Waals surface area contributed by atoms with Crippen LogP contribution in [-0.2, 0) is 19.2 Å². The molecule has 10 heteroatoms. The summed E-state index contributed by atoms with van der Waals surface area (Å²) >= 11 is 0. The first-order valence-electron chi connectivity index (χ1n) is 16.1. The van der Waals surface area contributed by atoms with Crippen LogP contribution in [0.3, 0.4) is 0 Å². The fraction of sp³-hybridized carbons (Fsp3) is 0.844. The number of fused-ring (bicyclic) bond motifs is 1. The third kappa shape index (κ3) is 6.62. The molecule has 3 saturated carbocycles. The van der Waals surface area contributed by atoms with E-state index in [4.69, 9.17) is 5.73 Å². The lowest BCUT2D eigenvalue weighted by molar-refractivity contribution is -0.145. The van der Waals surface area contributed by atoms with Gasteiger partial charge in [-0.05, 0) is 54.3 Å². The van der Waals surface area contributed by atoms with Gasteiger partial charge in [0.2, 0.25) is 17.6 Å². The number of piperidine rings is 1. The molecule has 0 bridgehead atoms. The largest absolute Gasteiger partial charge is 0.363 e. The van der Waals surface area contributed by atoms with Crippen molar-refractivity contribution in [2.45, 2.75) is 136 Å². The number of likely N-dealkylation sites (tertiary alicyclic amines) is 1. The molecule has 0 radical (unpaired) electrons. The molecule has 3 aliphatic carbocycles. The lowest BCUT2D eigenvalue weighted by Gasteiger charge is -2.41. The number of carbonyl (C=O) groups is 5. The van der Waals surface area contributed by atoms with E-state index in [2.05, 4.69) is 36.7 Å². The average Bonchev–Trinajstić information content (AvgIpc) is 3.20. The third-order valence-electron chi connectivity index (χ3n) is 10.7. The van der Waals surface area contributed by atoms with Gasteiger partial charge in [-0.3, -0.25) is 19.2 Å². The van der Waals surface area contributed by atoms with Crippen LogP contribution in [0.5, 0.6) is 0 Å². The number of nitrogens with two attached hydrogens (primary N) is 1. The Hall–Kier alpha value is -2.65. The molecule has 236 valence electrons. The van der Waals surface area contributed by atoms with Gasteiger partial charge in [-0.25, -0.2) is 4.79 Å². The van der Waals surface area contributed by atoms with E-state index in [-0.39, 0.29) is 40.6 Å². The van der Waals surface area contributed by atoms with Gasteiger partial charge >= 0.3 is 6.03 Å². The lowest BCUT2D eigenvalue weighted by Crippen LogP contribution is -2.63. The average molecular weight is 588 g/mol. The summed E-state index contributed by atoms with van der Waals surface area (Å²) in [6.07, 6.45) is 10.4. The molecule has 10 nitrogen and oxygen atoms in total. The number of rotatable bonds is 11. The molecule has 5 atom stereocenters. The van der Waals surface area contributed by atoms with E-state index in [9.17, 15) is 24.0 Å². The molecule has 4 aliphatic rings. The van der Waals surface area contributed by atoms with Crippen LogP contribution >= 0.6 is 0 Å². The van der Waals surface area contributed by atoms with Gasteiger partial charge in [0.25, 0.3) is 5.91 Å². The Labute approximate surface area is 251 Å². The van der Waals surface area contributed by atoms with E-state index >= 15 is 0 Å². The van der Waals surface area contributed by atoms with E-state index in [1.54, 1.807) is 4.90 Å². The van der Waals surface area contributed by atoms with Gasteiger partial charge in [-0.15, -0.1) is 0 Å². The summed E-state index contributed by atoms with van der Waals surface area (Å²) in [5.41, 5.74) is 4.33. The Morgan fingerprint density at radius 1 is 0.976 bits per heavy atom. The number of Topliss-reactive ketones (excluding diaryl/α,β-unsaturated/α-hetero) is 1. The zero-order valence-electron chi connectivity index (χ0n) is 26.5. The molecule has 5 amide bonds. The van der Waals surface area contributed by atoms with Crippen molar-refractivity contribution in [2.75, 3.05) is 6.54 Å². The summed E-state index contributed by atoms with van der Waals surface area (Å²) in [7, 11) is 0. The minimum Gasteiger partial charge on any atom is -0.363 e. The van der Waals surface area contributed by atoms with Crippen molar-refractivity contribution >= 4 is 29.5 Å². The van der Waals surface area contributed by atoms with Crippen LogP contribution in [0.25, 0.3) is 0 Å². The first kappa shape index (κ1) is 32.3. The van der Waals surface area contributed by atoms with Crippen molar-refractivity contribution in [2.24, 2.45) is 34.3 Å². The number of amides is 5. The highest BCUT2D eigenvalue weighted by Crippen LogP contribution is 2.65. The van der Waals surface area contributed by atoms with Crippen molar-refractivity contribution in [3.63, 3.8) is 0 Å². The van der Waals surface area contributed by atoms with Crippen molar-refractivity contribution in [3.05, 3.63) is 0 Å². The number of hydrogen-bond acceptors (Lipinski definition) is 5. The molecule has 4 fully saturated rings. The van der Waals surface area contributed by atoms with Gasteiger partial charge in [0.05, 0.1) is 6.04 Å². The quantitative estimate of drug-likeness (QED) is 0.273. The Balaban J connectivity index is 1.52. The van der Waals surface area contributed by atoms with E-state index < -0.39 is 41.1 Å². The molecule has 0 aromatic rings. The normalized spacial score (nSPS) is 27.6. The van der Waals surface area contributed by atoms with E-state index in [1.165, 1.54) is 6.42 Å². The summed E-state index contributed by atoms with van der Waals surface area (Å²) in [4.78, 5) is 67.6. The number of nitrogens with zero attached hydrogens (tertiary/aromatic N) is 1. The minimum absolute atomic E-state index is 0.0704. The predicted octanol–water partition coefficient (Wildman–Crippen LogP) is 3.42. The third-order valence-corrected chi connectivity index (χ3v) is 10.7. The SMILES string of the molecule is CCCC1(NC(=O)N[C@H](C(=O)N2CC3[C@@H]([C@H]2C(=O)NC(CC2CCC2)C(=O)C(N)=O)C3(C)C)C(C)(C)C)CCCCC1. The van der Waals surface area contributed by atoms with E-state index in [0.29, 0.717) is 13.0 Å². The highest BCUT2D eigenvalue weighted by molar-refractivity contribution is 6.37. The smallest absolute Gasteiger partial charge is 0.315 e. The molecule has 1 saturated heterocycles. The van der Waals surface area contributed by atoms with Crippen molar-refractivity contribution in [1.29, 1.82) is 0 Å². The molecule has 0 aromatic heterocycles. The topological polar surface area (TPSA) is 151 Å². The summed E-state index contributed by atoms with van der Waals surface area (Å²) in [5, 5.41) is 9.07. The van der Waals surface area contributed by atoms with Crippen LogP contribution in [0.1, 0.15) is 112 Å². The maximum Gasteiger partial charge on any atom is 0.315 e. The molecule has 42 heavy (non-hydrogen) atoms. The maximum absolute atomic E-state index is 14.2. The molecule has 5 N–H and O–H groups in total. The number of carbonyl (C=O) groups excluding carboxylic acids is 5. The van der Waals surface area contributed by atoms with Gasteiger partial charge in [0.15, 0.2) is 0 Å². The highest BCUT2D eigenvalue weighted by atomic mass is 16.2. The molecular weight excluding hydrogens is 534 g/mol. The first-order valence-corrected chi connectivity index (χ1v) is 16.1. The van der Waals surface area contributed by atoms with Gasteiger partial charge in [0.1, 0.15) is 12.1 Å². The minimum atomic E-state index is -1.06. The van der Waals surface area contributed by atoms with E-state index in [0.717, 1.165) is 57.8 Å². The summed E-state index contributed by atoms with van der Waals surface area (Å²) in [6, 6.07) is -2.99. The highest BCUT2D eigenvalue weighted by Gasteiger charge is 2.70. The van der Waals surface area contributed by atoms with Crippen LogP contribution in [0.2, 0.25) is 0 Å². The second-order valence-electron chi connectivity index (χ2n) is 15.2. The first-order chi connectivity index (χ1) is 19.6. The Morgan fingerprint density at radius 2 is 1.62 bits per heavy atom. The fourth-order valence-electron chi connectivity index (χ4n) is 7.90. The Morgan fingerprint density at radius 3 is 2.14 bits per heavy atom. The van der Waals surface area contributed by atoms with Crippen molar-refractivity contribution < 1.29 is 24.0 Å². The number of urea groups is 1. The van der Waals surface area contributed by atoms with Crippen LogP contribution in [0.4, 0.5) is 4.79 Å². The molecule has 2 unspecified atom stereocenters. The molecule has 1 heterocycles. The predicted molar refractivity (Wildman–Crippen MR) is 160 cm³/mol. The zero-order chi connectivity index (χ0) is 31.0. The number of ketones is 1. The van der Waals surface area contributed by atoms with Crippen molar-refractivity contribution in [1.82, 2.24) is 20.9 Å².